The summed E-state index contributed by atoms with van der Waals surface area (Å²) in [6, 6.07) is 0.209. The van der Waals surface area contributed by atoms with Gasteiger partial charge in [0, 0.05) is 19.0 Å². The van der Waals surface area contributed by atoms with Crippen molar-refractivity contribution in [3.8, 4) is 0 Å². The maximum atomic E-state index is 6.35. The van der Waals surface area contributed by atoms with Gasteiger partial charge >= 0.3 is 0 Å². The summed E-state index contributed by atoms with van der Waals surface area (Å²) in [5.41, 5.74) is 9.53. The van der Waals surface area contributed by atoms with Crippen LogP contribution in [0.15, 0.2) is 11.6 Å². The van der Waals surface area contributed by atoms with Crippen LogP contribution >= 0.6 is 11.6 Å². The lowest BCUT2D eigenvalue weighted by atomic mass is 10.0. The highest BCUT2D eigenvalue weighted by Crippen LogP contribution is 2.26. The first-order valence-corrected chi connectivity index (χ1v) is 7.16. The van der Waals surface area contributed by atoms with Gasteiger partial charge in [0.05, 0.1) is 16.4 Å². The van der Waals surface area contributed by atoms with Crippen LogP contribution in [0.1, 0.15) is 44.0 Å². The summed E-state index contributed by atoms with van der Waals surface area (Å²) >= 11 is 6.35. The Bertz CT molecular complexity index is 448. The molecule has 0 saturated carbocycles. The second kappa shape index (κ2) is 5.89. The van der Waals surface area contributed by atoms with Gasteiger partial charge in [0.25, 0.3) is 0 Å². The highest BCUT2D eigenvalue weighted by molar-refractivity contribution is 6.31. The van der Waals surface area contributed by atoms with Crippen LogP contribution in [0, 0.1) is 6.92 Å². The lowest BCUT2D eigenvalue weighted by Gasteiger charge is -2.09. The van der Waals surface area contributed by atoms with E-state index in [4.69, 9.17) is 17.3 Å². The van der Waals surface area contributed by atoms with E-state index in [0.717, 1.165) is 42.2 Å². The number of hydrogen-bond donors (Lipinski definition) is 1. The molecule has 0 saturated heterocycles. The van der Waals surface area contributed by atoms with E-state index < -0.39 is 0 Å². The van der Waals surface area contributed by atoms with Gasteiger partial charge in [-0.3, -0.25) is 4.68 Å². The number of rotatable bonds is 3. The average molecular weight is 268 g/mol. The fourth-order valence-electron chi connectivity index (χ4n) is 2.60. The molecule has 1 aromatic heterocycles. The number of aromatic nitrogens is 2. The SMILES string of the molecule is CCn1nc(C)c(Cl)c1CC1=CC(N)CCCC1. The number of nitrogens with zero attached hydrogens (tertiary/aromatic N) is 2. The highest BCUT2D eigenvalue weighted by Gasteiger charge is 2.16. The molecule has 4 heteroatoms. The number of hydrogen-bond acceptors (Lipinski definition) is 2. The number of aryl methyl sites for hydroxylation is 2. The fraction of sp³-hybridized carbons (Fsp3) is 0.643. The van der Waals surface area contributed by atoms with Gasteiger partial charge in [0.1, 0.15) is 0 Å². The molecule has 3 nitrogen and oxygen atoms in total. The molecule has 1 aliphatic rings. The molecule has 2 N–H and O–H groups in total. The molecule has 1 atom stereocenters. The van der Waals surface area contributed by atoms with Crippen molar-refractivity contribution in [2.75, 3.05) is 0 Å². The molecule has 2 rings (SSSR count). The lowest BCUT2D eigenvalue weighted by Crippen LogP contribution is -2.16. The summed E-state index contributed by atoms with van der Waals surface area (Å²) in [6.45, 7) is 4.92. The number of halogens is 1. The largest absolute Gasteiger partial charge is 0.324 e. The van der Waals surface area contributed by atoms with Crippen molar-refractivity contribution >= 4 is 11.6 Å². The Morgan fingerprint density at radius 3 is 3.00 bits per heavy atom. The molecule has 0 bridgehead atoms. The molecule has 0 spiro atoms. The zero-order valence-corrected chi connectivity index (χ0v) is 12.0. The molecule has 1 aromatic rings. The first kappa shape index (κ1) is 13.6. The minimum atomic E-state index is 0.209. The van der Waals surface area contributed by atoms with E-state index in [1.807, 2.05) is 11.6 Å². The Labute approximate surface area is 114 Å². The van der Waals surface area contributed by atoms with E-state index in [9.17, 15) is 0 Å². The van der Waals surface area contributed by atoms with Gasteiger partial charge in [0.15, 0.2) is 0 Å². The molecule has 0 aliphatic heterocycles. The van der Waals surface area contributed by atoms with Crippen LogP contribution in [0.25, 0.3) is 0 Å². The third-order valence-corrected chi connectivity index (χ3v) is 4.07. The van der Waals surface area contributed by atoms with Gasteiger partial charge in [-0.2, -0.15) is 5.10 Å². The smallest absolute Gasteiger partial charge is 0.0850 e. The normalized spacial score (nSPS) is 20.7. The van der Waals surface area contributed by atoms with Crippen LogP contribution in [-0.4, -0.2) is 15.8 Å². The molecular weight excluding hydrogens is 246 g/mol. The summed E-state index contributed by atoms with van der Waals surface area (Å²) in [4.78, 5) is 0. The third kappa shape index (κ3) is 2.96. The molecule has 18 heavy (non-hydrogen) atoms. The first-order valence-electron chi connectivity index (χ1n) is 6.78. The number of nitrogens with two attached hydrogens (primary N) is 1. The van der Waals surface area contributed by atoms with Crippen LogP contribution in [0.2, 0.25) is 5.02 Å². The molecule has 100 valence electrons. The molecule has 1 aliphatic carbocycles. The monoisotopic (exact) mass is 267 g/mol. The molecule has 0 fully saturated rings. The van der Waals surface area contributed by atoms with E-state index in [2.05, 4.69) is 18.1 Å². The third-order valence-electron chi connectivity index (χ3n) is 3.58. The molecule has 0 amide bonds. The Morgan fingerprint density at radius 1 is 1.50 bits per heavy atom. The summed E-state index contributed by atoms with van der Waals surface area (Å²) in [5, 5.41) is 5.28. The molecule has 0 radical (unpaired) electrons. The Hall–Kier alpha value is -0.800. The molecule has 1 heterocycles. The molecule has 1 unspecified atom stereocenters. The zero-order valence-electron chi connectivity index (χ0n) is 11.2. The van der Waals surface area contributed by atoms with Crippen molar-refractivity contribution < 1.29 is 0 Å². The topological polar surface area (TPSA) is 43.8 Å². The summed E-state index contributed by atoms with van der Waals surface area (Å²) in [5.74, 6) is 0. The fourth-order valence-corrected chi connectivity index (χ4v) is 2.80. The van der Waals surface area contributed by atoms with Crippen molar-refractivity contribution in [3.05, 3.63) is 28.1 Å². The Kier molecular flexibility index (Phi) is 4.46. The van der Waals surface area contributed by atoms with Crippen LogP contribution in [-0.2, 0) is 13.0 Å². The van der Waals surface area contributed by atoms with Crippen LogP contribution in [0.4, 0.5) is 0 Å². The molecular formula is C14H22ClN3. The summed E-state index contributed by atoms with van der Waals surface area (Å²) < 4.78 is 2.01. The van der Waals surface area contributed by atoms with Crippen molar-refractivity contribution in [1.29, 1.82) is 0 Å². The standard InChI is InChI=1S/C14H22ClN3/c1-3-18-13(14(15)10(2)17-18)9-11-6-4-5-7-12(16)8-11/h8,12H,3-7,9,16H2,1-2H3. The van der Waals surface area contributed by atoms with Crippen LogP contribution in [0.5, 0.6) is 0 Å². The minimum absolute atomic E-state index is 0.209. The van der Waals surface area contributed by atoms with Gasteiger partial charge in [-0.25, -0.2) is 0 Å². The van der Waals surface area contributed by atoms with Gasteiger partial charge in [-0.15, -0.1) is 0 Å². The second-order valence-electron chi connectivity index (χ2n) is 5.07. The van der Waals surface area contributed by atoms with Gasteiger partial charge < -0.3 is 5.73 Å². The van der Waals surface area contributed by atoms with Crippen molar-refractivity contribution in [3.63, 3.8) is 0 Å². The quantitative estimate of drug-likeness (QED) is 0.855. The van der Waals surface area contributed by atoms with Crippen molar-refractivity contribution in [2.24, 2.45) is 5.73 Å². The second-order valence-corrected chi connectivity index (χ2v) is 5.45. The predicted octanol–water partition coefficient (Wildman–Crippen LogP) is 3.24. The van der Waals surface area contributed by atoms with Gasteiger partial charge in [-0.1, -0.05) is 29.7 Å². The van der Waals surface area contributed by atoms with Crippen LogP contribution < -0.4 is 5.73 Å². The number of allylic oxidation sites excluding steroid dienone is 1. The van der Waals surface area contributed by atoms with E-state index in [1.165, 1.54) is 18.4 Å². The average Bonchev–Trinajstić information content (AvgIpc) is 2.53. The zero-order chi connectivity index (χ0) is 13.1. The van der Waals surface area contributed by atoms with E-state index in [-0.39, 0.29) is 6.04 Å². The Balaban J connectivity index is 2.22. The van der Waals surface area contributed by atoms with E-state index in [1.54, 1.807) is 0 Å². The first-order chi connectivity index (χ1) is 8.61. The van der Waals surface area contributed by atoms with Gasteiger partial charge in [0.2, 0.25) is 0 Å². The maximum absolute atomic E-state index is 6.35. The van der Waals surface area contributed by atoms with E-state index in [0.29, 0.717) is 0 Å². The summed E-state index contributed by atoms with van der Waals surface area (Å²) in [7, 11) is 0. The minimum Gasteiger partial charge on any atom is -0.324 e. The Morgan fingerprint density at radius 2 is 2.28 bits per heavy atom. The predicted molar refractivity (Wildman–Crippen MR) is 75.9 cm³/mol. The van der Waals surface area contributed by atoms with E-state index >= 15 is 0 Å². The summed E-state index contributed by atoms with van der Waals surface area (Å²) in [6.07, 6.45) is 7.81. The molecule has 0 aromatic carbocycles. The van der Waals surface area contributed by atoms with Crippen LogP contribution in [0.3, 0.4) is 0 Å². The van der Waals surface area contributed by atoms with Gasteiger partial charge in [-0.05, 0) is 33.1 Å². The van der Waals surface area contributed by atoms with Crippen molar-refractivity contribution in [2.45, 2.75) is 58.5 Å². The maximum Gasteiger partial charge on any atom is 0.0850 e. The highest BCUT2D eigenvalue weighted by atomic mass is 35.5. The lowest BCUT2D eigenvalue weighted by molar-refractivity contribution is 0.619. The van der Waals surface area contributed by atoms with Crippen molar-refractivity contribution in [1.82, 2.24) is 9.78 Å².